The molecule has 2 aromatic heterocycles. The molecule has 0 aliphatic heterocycles. The summed E-state index contributed by atoms with van der Waals surface area (Å²) in [5.74, 6) is 0. The number of benzene rings is 4. The first-order chi connectivity index (χ1) is 16.8. The summed E-state index contributed by atoms with van der Waals surface area (Å²) in [5, 5.41) is 22.6. The maximum atomic E-state index is 11.2. The Bertz CT molecular complexity index is 1600. The van der Waals surface area contributed by atoms with Crippen molar-refractivity contribution in [1.29, 1.82) is 0 Å². The predicted molar refractivity (Wildman–Crippen MR) is 136 cm³/mol. The number of aliphatic hydroxyl groups excluding tert-OH is 1. The molecular weight excluding hydrogens is 420 g/mol. The number of para-hydroxylation sites is 1. The predicted octanol–water partition coefficient (Wildman–Crippen LogP) is 6.14. The van der Waals surface area contributed by atoms with Gasteiger partial charge in [-0.3, -0.25) is 0 Å². The van der Waals surface area contributed by atoms with Crippen molar-refractivity contribution in [2.24, 2.45) is 0 Å². The highest BCUT2D eigenvalue weighted by Gasteiger charge is 2.24. The van der Waals surface area contributed by atoms with Gasteiger partial charge in [-0.15, -0.1) is 5.10 Å². The third-order valence-electron chi connectivity index (χ3n) is 6.43. The summed E-state index contributed by atoms with van der Waals surface area (Å²) in [7, 11) is 0. The highest BCUT2D eigenvalue weighted by Crippen LogP contribution is 2.34. The number of hydrogen-bond donors (Lipinski definition) is 1. The van der Waals surface area contributed by atoms with E-state index in [0.717, 1.165) is 29.1 Å². The summed E-state index contributed by atoms with van der Waals surface area (Å²) in [6.45, 7) is 3.07. The maximum Gasteiger partial charge on any atom is 0.125 e. The van der Waals surface area contributed by atoms with Gasteiger partial charge in [0.25, 0.3) is 0 Å². The molecular formula is C29H24N4O. The van der Waals surface area contributed by atoms with Crippen molar-refractivity contribution in [2.45, 2.75) is 19.6 Å². The van der Waals surface area contributed by atoms with Crippen molar-refractivity contribution in [3.63, 3.8) is 0 Å². The van der Waals surface area contributed by atoms with Crippen molar-refractivity contribution in [1.82, 2.24) is 19.6 Å². The quantitative estimate of drug-likeness (QED) is 0.347. The lowest BCUT2D eigenvalue weighted by Crippen LogP contribution is -2.04. The smallest absolute Gasteiger partial charge is 0.125 e. The van der Waals surface area contributed by atoms with E-state index in [0.29, 0.717) is 5.69 Å². The fraction of sp³-hybridized carbons (Fsp3) is 0.103. The van der Waals surface area contributed by atoms with Gasteiger partial charge in [0.1, 0.15) is 17.5 Å². The molecule has 0 aliphatic rings. The normalized spacial score (nSPS) is 12.4. The number of aliphatic hydroxyl groups is 1. The molecule has 6 aromatic rings. The first-order valence-electron chi connectivity index (χ1n) is 11.5. The summed E-state index contributed by atoms with van der Waals surface area (Å²) in [6.07, 6.45) is -0.879. The van der Waals surface area contributed by atoms with Gasteiger partial charge in [-0.05, 0) is 36.8 Å². The van der Waals surface area contributed by atoms with Crippen LogP contribution < -0.4 is 0 Å². The molecule has 1 unspecified atom stereocenters. The molecule has 0 saturated carbocycles. The minimum Gasteiger partial charge on any atom is -0.382 e. The molecule has 5 nitrogen and oxygen atoms in total. The molecule has 4 aromatic carbocycles. The van der Waals surface area contributed by atoms with Crippen LogP contribution in [0.5, 0.6) is 0 Å². The van der Waals surface area contributed by atoms with Gasteiger partial charge < -0.3 is 9.67 Å². The summed E-state index contributed by atoms with van der Waals surface area (Å²) in [5.41, 5.74) is 6.38. The highest BCUT2D eigenvalue weighted by atomic mass is 16.3. The van der Waals surface area contributed by atoms with Crippen LogP contribution in [-0.2, 0) is 6.54 Å². The van der Waals surface area contributed by atoms with E-state index in [1.54, 1.807) is 0 Å². The van der Waals surface area contributed by atoms with Crippen LogP contribution in [0.2, 0.25) is 0 Å². The second-order valence-corrected chi connectivity index (χ2v) is 8.38. The summed E-state index contributed by atoms with van der Waals surface area (Å²) < 4.78 is 4.17. The van der Waals surface area contributed by atoms with Gasteiger partial charge in [-0.1, -0.05) is 84.1 Å². The average molecular weight is 445 g/mol. The van der Waals surface area contributed by atoms with E-state index >= 15 is 0 Å². The van der Waals surface area contributed by atoms with Crippen LogP contribution in [-0.4, -0.2) is 24.7 Å². The van der Waals surface area contributed by atoms with E-state index in [4.69, 9.17) is 0 Å². The molecule has 0 spiro atoms. The van der Waals surface area contributed by atoms with Gasteiger partial charge in [0.15, 0.2) is 0 Å². The van der Waals surface area contributed by atoms with Crippen molar-refractivity contribution < 1.29 is 5.11 Å². The van der Waals surface area contributed by atoms with Crippen LogP contribution >= 0.6 is 0 Å². The zero-order chi connectivity index (χ0) is 23.1. The van der Waals surface area contributed by atoms with E-state index in [1.807, 2.05) is 65.3 Å². The summed E-state index contributed by atoms with van der Waals surface area (Å²) in [4.78, 5) is 0. The number of aryl methyl sites for hydroxylation is 1. The summed E-state index contributed by atoms with van der Waals surface area (Å²) in [6, 6.07) is 34.5. The minimum atomic E-state index is -0.879. The lowest BCUT2D eigenvalue weighted by Gasteiger charge is -2.13. The van der Waals surface area contributed by atoms with Gasteiger partial charge >= 0.3 is 0 Å². The number of nitrogens with zero attached hydrogens (tertiary/aromatic N) is 4. The van der Waals surface area contributed by atoms with Crippen molar-refractivity contribution in [3.05, 3.63) is 114 Å². The fourth-order valence-corrected chi connectivity index (χ4v) is 4.83. The molecule has 0 aliphatic carbocycles. The molecule has 166 valence electrons. The third kappa shape index (κ3) is 3.21. The van der Waals surface area contributed by atoms with E-state index < -0.39 is 6.10 Å². The highest BCUT2D eigenvalue weighted by molar-refractivity contribution is 6.08. The van der Waals surface area contributed by atoms with E-state index in [-0.39, 0.29) is 0 Å². The molecule has 1 N–H and O–H groups in total. The van der Waals surface area contributed by atoms with E-state index in [2.05, 4.69) is 64.3 Å². The Morgan fingerprint density at radius 1 is 0.765 bits per heavy atom. The van der Waals surface area contributed by atoms with Gasteiger partial charge in [0.05, 0.1) is 5.69 Å². The SMILES string of the molecule is CCn1c2ccccc2c2cc(-n3nnc(C(O)c4ccccc4)c3-c3ccccc3)ccc21. The largest absolute Gasteiger partial charge is 0.382 e. The Labute approximate surface area is 197 Å². The number of aromatic nitrogens is 4. The first-order valence-corrected chi connectivity index (χ1v) is 11.5. The monoisotopic (exact) mass is 444 g/mol. The Balaban J connectivity index is 1.58. The van der Waals surface area contributed by atoms with Crippen molar-refractivity contribution >= 4 is 21.8 Å². The Morgan fingerprint density at radius 2 is 1.44 bits per heavy atom. The summed E-state index contributed by atoms with van der Waals surface area (Å²) >= 11 is 0. The molecule has 0 saturated heterocycles. The standard InChI is InChI=1S/C29H24N4O/c1-2-32-25-16-10-9-15-23(25)24-19-22(17-18-26(24)32)33-28(20-11-5-3-6-12-20)27(30-31-33)29(34)21-13-7-4-8-14-21/h3-19,29,34H,2H2,1H3. The molecule has 5 heteroatoms. The molecule has 34 heavy (non-hydrogen) atoms. The zero-order valence-electron chi connectivity index (χ0n) is 18.8. The fourth-order valence-electron chi connectivity index (χ4n) is 4.83. The molecule has 0 radical (unpaired) electrons. The second-order valence-electron chi connectivity index (χ2n) is 8.38. The number of hydrogen-bond acceptors (Lipinski definition) is 3. The molecule has 2 heterocycles. The second kappa shape index (κ2) is 8.28. The van der Waals surface area contributed by atoms with Crippen molar-refractivity contribution in [2.75, 3.05) is 0 Å². The molecule has 1 atom stereocenters. The van der Waals surface area contributed by atoms with Gasteiger partial charge in [0.2, 0.25) is 0 Å². The van der Waals surface area contributed by atoms with Gasteiger partial charge in [-0.25, -0.2) is 4.68 Å². The van der Waals surface area contributed by atoms with Crippen LogP contribution in [0.4, 0.5) is 0 Å². The Morgan fingerprint density at radius 3 is 2.21 bits per heavy atom. The number of rotatable bonds is 5. The average Bonchev–Trinajstić information content (AvgIpc) is 3.48. The molecule has 0 amide bonds. The number of fused-ring (bicyclic) bond motifs is 3. The molecule has 0 fully saturated rings. The van der Waals surface area contributed by atoms with Crippen LogP contribution in [0.3, 0.4) is 0 Å². The Hall–Kier alpha value is -4.22. The zero-order valence-corrected chi connectivity index (χ0v) is 18.8. The molecule has 0 bridgehead atoms. The van der Waals surface area contributed by atoms with Crippen LogP contribution in [0.15, 0.2) is 103 Å². The Kier molecular flexibility index (Phi) is 4.97. The van der Waals surface area contributed by atoms with Crippen LogP contribution in [0.1, 0.15) is 24.3 Å². The van der Waals surface area contributed by atoms with E-state index in [1.165, 1.54) is 21.8 Å². The first kappa shape index (κ1) is 20.4. The molecule has 6 rings (SSSR count). The lowest BCUT2D eigenvalue weighted by atomic mass is 10.0. The topological polar surface area (TPSA) is 55.9 Å². The maximum absolute atomic E-state index is 11.2. The van der Waals surface area contributed by atoms with Crippen molar-refractivity contribution in [3.8, 4) is 16.9 Å². The van der Waals surface area contributed by atoms with Crippen LogP contribution in [0, 0.1) is 0 Å². The lowest BCUT2D eigenvalue weighted by molar-refractivity contribution is 0.216. The van der Waals surface area contributed by atoms with Gasteiger partial charge in [-0.2, -0.15) is 0 Å². The minimum absolute atomic E-state index is 0.536. The van der Waals surface area contributed by atoms with Crippen LogP contribution in [0.25, 0.3) is 38.8 Å². The van der Waals surface area contributed by atoms with E-state index in [9.17, 15) is 5.11 Å². The third-order valence-corrected chi connectivity index (χ3v) is 6.43. The van der Waals surface area contributed by atoms with Gasteiger partial charge in [0, 0.05) is 33.9 Å².